The van der Waals surface area contributed by atoms with Gasteiger partial charge in [-0.2, -0.15) is 0 Å². The van der Waals surface area contributed by atoms with Gasteiger partial charge >= 0.3 is 0 Å². The molecule has 2 heterocycles. The molecule has 0 atom stereocenters. The minimum Gasteiger partial charge on any atom is -0.440 e. The molecule has 20 heavy (non-hydrogen) atoms. The highest BCUT2D eigenvalue weighted by Crippen LogP contribution is 2.24. The van der Waals surface area contributed by atoms with Gasteiger partial charge in [0, 0.05) is 23.6 Å². The van der Waals surface area contributed by atoms with Crippen LogP contribution in [-0.4, -0.2) is 19.3 Å². The fourth-order valence-electron chi connectivity index (χ4n) is 2.42. The second-order valence-electron chi connectivity index (χ2n) is 5.06. The number of halogens is 1. The smallest absolute Gasteiger partial charge is 0.196 e. The van der Waals surface area contributed by atoms with Crippen molar-refractivity contribution < 1.29 is 4.42 Å². The zero-order valence-corrected chi connectivity index (χ0v) is 13.1. The normalized spacial score (nSPS) is 15.4. The van der Waals surface area contributed by atoms with E-state index in [9.17, 15) is 0 Å². The fraction of sp³-hybridized carbons (Fsp3) is 0.312. The summed E-state index contributed by atoms with van der Waals surface area (Å²) in [5.74, 6) is 1.76. The lowest BCUT2D eigenvalue weighted by molar-refractivity contribution is 0.550. The van der Waals surface area contributed by atoms with Crippen molar-refractivity contribution in [2.24, 2.45) is 4.99 Å². The minimum absolute atomic E-state index is 0.800. The molecule has 1 aromatic heterocycles. The maximum absolute atomic E-state index is 5.82. The van der Waals surface area contributed by atoms with Gasteiger partial charge in [-0.05, 0) is 49.6 Å². The molecule has 104 valence electrons. The first kappa shape index (κ1) is 13.4. The summed E-state index contributed by atoms with van der Waals surface area (Å²) in [5, 5.41) is 0. The summed E-state index contributed by atoms with van der Waals surface area (Å²) in [6.45, 7) is 4.24. The van der Waals surface area contributed by atoms with E-state index in [4.69, 9.17) is 4.42 Å². The Morgan fingerprint density at radius 3 is 2.75 bits per heavy atom. The van der Waals surface area contributed by atoms with Crippen molar-refractivity contribution in [3.8, 4) is 0 Å². The molecule has 0 unspecified atom stereocenters. The van der Waals surface area contributed by atoms with E-state index in [1.807, 2.05) is 24.3 Å². The number of aryl methyl sites for hydroxylation is 1. The number of rotatable bonds is 3. The number of benzene rings is 1. The van der Waals surface area contributed by atoms with Crippen LogP contribution in [0.4, 0.5) is 11.6 Å². The molecule has 2 aromatic rings. The molecule has 3 nitrogen and oxygen atoms in total. The Kier molecular flexibility index (Phi) is 3.92. The van der Waals surface area contributed by atoms with Crippen molar-refractivity contribution in [2.45, 2.75) is 19.8 Å². The lowest BCUT2D eigenvalue weighted by atomic mass is 10.2. The molecule has 0 bridgehead atoms. The standard InChI is InChI=1S/C16H17BrN2O/c1-12-10-13(17)4-6-15(12)18-11-14-5-7-16(20-14)19-8-2-3-9-19/h4-7,10-11H,2-3,8-9H2,1H3. The molecule has 0 saturated carbocycles. The largest absolute Gasteiger partial charge is 0.440 e. The van der Waals surface area contributed by atoms with Gasteiger partial charge in [-0.25, -0.2) is 0 Å². The van der Waals surface area contributed by atoms with Gasteiger partial charge in [-0.15, -0.1) is 0 Å². The van der Waals surface area contributed by atoms with E-state index in [1.54, 1.807) is 6.21 Å². The highest BCUT2D eigenvalue weighted by molar-refractivity contribution is 9.10. The van der Waals surface area contributed by atoms with E-state index in [0.29, 0.717) is 0 Å². The van der Waals surface area contributed by atoms with Crippen molar-refractivity contribution in [1.29, 1.82) is 0 Å². The van der Waals surface area contributed by atoms with Crippen LogP contribution in [0, 0.1) is 6.92 Å². The zero-order chi connectivity index (χ0) is 13.9. The van der Waals surface area contributed by atoms with Gasteiger partial charge in [-0.1, -0.05) is 15.9 Å². The summed E-state index contributed by atoms with van der Waals surface area (Å²) in [4.78, 5) is 6.78. The highest BCUT2D eigenvalue weighted by Gasteiger charge is 2.15. The van der Waals surface area contributed by atoms with Crippen molar-refractivity contribution in [3.05, 3.63) is 46.1 Å². The van der Waals surface area contributed by atoms with E-state index in [2.05, 4.69) is 38.8 Å². The van der Waals surface area contributed by atoms with Crippen LogP contribution < -0.4 is 4.90 Å². The van der Waals surface area contributed by atoms with Crippen LogP contribution in [0.25, 0.3) is 0 Å². The monoisotopic (exact) mass is 332 g/mol. The summed E-state index contributed by atoms with van der Waals surface area (Å²) in [6, 6.07) is 10.1. The van der Waals surface area contributed by atoms with Crippen LogP contribution in [-0.2, 0) is 0 Å². The quantitative estimate of drug-likeness (QED) is 0.762. The number of hydrogen-bond donors (Lipinski definition) is 0. The summed E-state index contributed by atoms with van der Waals surface area (Å²) >= 11 is 3.46. The molecule has 1 aliphatic rings. The van der Waals surface area contributed by atoms with E-state index >= 15 is 0 Å². The Morgan fingerprint density at radius 1 is 1.20 bits per heavy atom. The second kappa shape index (κ2) is 5.83. The van der Waals surface area contributed by atoms with Gasteiger partial charge in [0.2, 0.25) is 0 Å². The van der Waals surface area contributed by atoms with Gasteiger partial charge in [0.25, 0.3) is 0 Å². The first-order chi connectivity index (χ1) is 9.72. The molecular weight excluding hydrogens is 316 g/mol. The van der Waals surface area contributed by atoms with Crippen molar-refractivity contribution >= 4 is 33.7 Å². The van der Waals surface area contributed by atoms with Crippen molar-refractivity contribution in [1.82, 2.24) is 0 Å². The van der Waals surface area contributed by atoms with Crippen LogP contribution in [0.5, 0.6) is 0 Å². The molecule has 0 radical (unpaired) electrons. The Hall–Kier alpha value is -1.55. The SMILES string of the molecule is Cc1cc(Br)ccc1N=Cc1ccc(N2CCCC2)o1. The highest BCUT2D eigenvalue weighted by atomic mass is 79.9. The predicted octanol–water partition coefficient (Wildman–Crippen LogP) is 4.70. The average Bonchev–Trinajstić information content (AvgIpc) is 3.08. The number of aliphatic imine (C=N–C) groups is 1. The Balaban J connectivity index is 1.75. The third-order valence-electron chi connectivity index (χ3n) is 3.52. The first-order valence-electron chi connectivity index (χ1n) is 6.87. The molecule has 3 rings (SSSR count). The molecule has 0 spiro atoms. The van der Waals surface area contributed by atoms with Crippen LogP contribution in [0.1, 0.15) is 24.2 Å². The third kappa shape index (κ3) is 2.96. The average molecular weight is 333 g/mol. The van der Waals surface area contributed by atoms with Gasteiger partial charge in [0.15, 0.2) is 5.88 Å². The molecule has 1 aliphatic heterocycles. The van der Waals surface area contributed by atoms with Gasteiger partial charge < -0.3 is 9.32 Å². The van der Waals surface area contributed by atoms with Crippen molar-refractivity contribution in [3.63, 3.8) is 0 Å². The number of hydrogen-bond acceptors (Lipinski definition) is 3. The first-order valence-corrected chi connectivity index (χ1v) is 7.67. The number of nitrogens with zero attached hydrogens (tertiary/aromatic N) is 2. The molecular formula is C16H17BrN2O. The summed E-state index contributed by atoms with van der Waals surface area (Å²) < 4.78 is 6.89. The van der Waals surface area contributed by atoms with Crippen LogP contribution in [0.15, 0.2) is 44.2 Å². The maximum Gasteiger partial charge on any atom is 0.196 e. The summed E-state index contributed by atoms with van der Waals surface area (Å²) in [5.41, 5.74) is 2.11. The van der Waals surface area contributed by atoms with Gasteiger partial charge in [0.1, 0.15) is 5.76 Å². The van der Waals surface area contributed by atoms with E-state index < -0.39 is 0 Å². The lowest BCUT2D eigenvalue weighted by Gasteiger charge is -2.12. The number of furan rings is 1. The molecule has 0 aliphatic carbocycles. The minimum atomic E-state index is 0.800. The molecule has 1 saturated heterocycles. The third-order valence-corrected chi connectivity index (χ3v) is 4.01. The van der Waals surface area contributed by atoms with E-state index in [0.717, 1.165) is 40.5 Å². The van der Waals surface area contributed by atoms with Gasteiger partial charge in [-0.3, -0.25) is 4.99 Å². The molecule has 0 amide bonds. The van der Waals surface area contributed by atoms with Crippen molar-refractivity contribution in [2.75, 3.05) is 18.0 Å². The Morgan fingerprint density at radius 2 is 2.00 bits per heavy atom. The van der Waals surface area contributed by atoms with Crippen LogP contribution >= 0.6 is 15.9 Å². The second-order valence-corrected chi connectivity index (χ2v) is 5.97. The maximum atomic E-state index is 5.82. The Labute approximate surface area is 127 Å². The summed E-state index contributed by atoms with van der Waals surface area (Å²) in [7, 11) is 0. The fourth-order valence-corrected chi connectivity index (χ4v) is 2.89. The predicted molar refractivity (Wildman–Crippen MR) is 86.3 cm³/mol. The molecule has 1 fully saturated rings. The topological polar surface area (TPSA) is 28.7 Å². The molecule has 4 heteroatoms. The van der Waals surface area contributed by atoms with Crippen LogP contribution in [0.3, 0.4) is 0 Å². The van der Waals surface area contributed by atoms with E-state index in [1.165, 1.54) is 12.8 Å². The zero-order valence-electron chi connectivity index (χ0n) is 11.5. The van der Waals surface area contributed by atoms with Crippen LogP contribution in [0.2, 0.25) is 0 Å². The summed E-state index contributed by atoms with van der Waals surface area (Å²) in [6.07, 6.45) is 4.29. The number of anilines is 1. The Bertz CT molecular complexity index is 627. The lowest BCUT2D eigenvalue weighted by Crippen LogP contribution is -2.16. The van der Waals surface area contributed by atoms with E-state index in [-0.39, 0.29) is 0 Å². The van der Waals surface area contributed by atoms with Gasteiger partial charge in [0.05, 0.1) is 11.9 Å². The molecule has 1 aromatic carbocycles. The molecule has 0 N–H and O–H groups in total.